The zero-order valence-corrected chi connectivity index (χ0v) is 16.6. The molecule has 2 aromatic rings. The number of esters is 1. The summed E-state index contributed by atoms with van der Waals surface area (Å²) in [6.07, 6.45) is -3.00. The monoisotopic (exact) mass is 436 g/mol. The summed E-state index contributed by atoms with van der Waals surface area (Å²) in [6, 6.07) is 8.94. The Kier molecular flexibility index (Phi) is 6.57. The molecule has 6 nitrogen and oxygen atoms in total. The van der Waals surface area contributed by atoms with E-state index in [1.165, 1.54) is 19.4 Å². The molecule has 1 aromatic carbocycles. The Morgan fingerprint density at radius 1 is 1.26 bits per heavy atom. The summed E-state index contributed by atoms with van der Waals surface area (Å²) in [7, 11) is 1.27. The van der Waals surface area contributed by atoms with E-state index in [-0.39, 0.29) is 30.1 Å². The molecule has 1 fully saturated rings. The van der Waals surface area contributed by atoms with Gasteiger partial charge in [0.25, 0.3) is 0 Å². The van der Waals surface area contributed by atoms with Crippen molar-refractivity contribution in [3.63, 3.8) is 0 Å². The van der Waals surface area contributed by atoms with Gasteiger partial charge in [-0.2, -0.15) is 17.6 Å². The van der Waals surface area contributed by atoms with Crippen LogP contribution in [0, 0.1) is 5.95 Å². The number of piperidine rings is 1. The summed E-state index contributed by atoms with van der Waals surface area (Å²) in [4.78, 5) is 21.0. The molecule has 0 atom stereocenters. The maximum Gasteiger partial charge on any atom is 0.431 e. The maximum atomic E-state index is 13.5. The van der Waals surface area contributed by atoms with Crippen molar-refractivity contribution in [2.45, 2.75) is 25.6 Å². The number of nitrogens with zero attached hydrogens (tertiary/aromatic N) is 3. The molecular formula is C21H20F4N4O2. The largest absolute Gasteiger partial charge is 0.465 e. The number of aromatic nitrogens is 1. The summed E-state index contributed by atoms with van der Waals surface area (Å²) in [5, 5.41) is 0. The van der Waals surface area contributed by atoms with Gasteiger partial charge in [-0.05, 0) is 36.6 Å². The highest BCUT2D eigenvalue weighted by Crippen LogP contribution is 2.31. The molecule has 1 saturated heterocycles. The number of allylic oxidation sites excluding steroid dienone is 1. The van der Waals surface area contributed by atoms with E-state index in [1.54, 1.807) is 29.2 Å². The van der Waals surface area contributed by atoms with Crippen molar-refractivity contribution in [2.75, 3.05) is 13.7 Å². The van der Waals surface area contributed by atoms with Gasteiger partial charge in [0.05, 0.1) is 18.4 Å². The molecule has 0 amide bonds. The molecule has 2 heterocycles. The summed E-state index contributed by atoms with van der Waals surface area (Å²) in [6.45, 7) is 0.655. The smallest absolute Gasteiger partial charge is 0.431 e. The molecule has 0 unspecified atom stereocenters. The van der Waals surface area contributed by atoms with E-state index in [9.17, 15) is 22.4 Å². The van der Waals surface area contributed by atoms with Crippen molar-refractivity contribution in [1.82, 2.24) is 9.88 Å². The number of alkyl halides is 3. The van der Waals surface area contributed by atoms with Crippen LogP contribution in [-0.2, 0) is 11.3 Å². The molecule has 31 heavy (non-hydrogen) atoms. The molecular weight excluding hydrogens is 416 g/mol. The molecule has 2 N–H and O–H groups in total. The first-order chi connectivity index (χ1) is 14.7. The Bertz CT molecular complexity index is 1020. The van der Waals surface area contributed by atoms with E-state index in [0.717, 1.165) is 11.6 Å². The van der Waals surface area contributed by atoms with Gasteiger partial charge in [-0.3, -0.25) is 0 Å². The van der Waals surface area contributed by atoms with Crippen LogP contribution in [0.5, 0.6) is 0 Å². The van der Waals surface area contributed by atoms with Crippen LogP contribution in [-0.4, -0.2) is 41.5 Å². The highest BCUT2D eigenvalue weighted by Gasteiger charge is 2.37. The fourth-order valence-corrected chi connectivity index (χ4v) is 3.24. The Morgan fingerprint density at radius 2 is 1.97 bits per heavy atom. The number of hydrogen-bond donors (Lipinski definition) is 1. The number of ether oxygens (including phenoxy) is 1. The van der Waals surface area contributed by atoms with Gasteiger partial charge in [0.1, 0.15) is 11.5 Å². The first-order valence-electron chi connectivity index (χ1n) is 9.37. The molecule has 164 valence electrons. The molecule has 1 aliphatic rings. The number of nitrogens with two attached hydrogens (primary N) is 1. The molecule has 1 aliphatic heterocycles. The van der Waals surface area contributed by atoms with Gasteiger partial charge in [0.2, 0.25) is 5.95 Å². The second kappa shape index (κ2) is 9.15. The third kappa shape index (κ3) is 5.39. The minimum Gasteiger partial charge on any atom is -0.465 e. The number of likely N-dealkylation sites (tertiary alicyclic amines) is 1. The average Bonchev–Trinajstić information content (AvgIpc) is 2.74. The Hall–Kier alpha value is -3.43. The summed E-state index contributed by atoms with van der Waals surface area (Å²) >= 11 is 0. The van der Waals surface area contributed by atoms with E-state index < -0.39 is 23.8 Å². The van der Waals surface area contributed by atoms with E-state index >= 15 is 0 Å². The molecule has 0 saturated carbocycles. The molecule has 0 spiro atoms. The first-order valence-corrected chi connectivity index (χ1v) is 9.37. The number of carbonyl (C=O) groups excluding carboxylic acids is 1. The summed E-state index contributed by atoms with van der Waals surface area (Å²) < 4.78 is 58.2. The van der Waals surface area contributed by atoms with Crippen LogP contribution in [0.4, 0.5) is 23.2 Å². The maximum absolute atomic E-state index is 13.5. The fraction of sp³-hybridized carbons (Fsp3) is 0.286. The lowest BCUT2D eigenvalue weighted by molar-refractivity contribution is -0.0934. The van der Waals surface area contributed by atoms with E-state index in [0.29, 0.717) is 18.5 Å². The van der Waals surface area contributed by atoms with Gasteiger partial charge in [-0.25, -0.2) is 14.8 Å². The summed E-state index contributed by atoms with van der Waals surface area (Å²) in [5.74, 6) is -1.25. The van der Waals surface area contributed by atoms with Gasteiger partial charge in [-0.1, -0.05) is 12.1 Å². The third-order valence-electron chi connectivity index (χ3n) is 4.75. The fourth-order valence-electron chi connectivity index (χ4n) is 3.24. The number of pyridine rings is 1. The van der Waals surface area contributed by atoms with Crippen molar-refractivity contribution in [1.29, 1.82) is 0 Å². The highest BCUT2D eigenvalue weighted by molar-refractivity contribution is 6.01. The lowest BCUT2D eigenvalue weighted by atomic mass is 9.99. The topological polar surface area (TPSA) is 80.8 Å². The number of hydrogen-bond acceptors (Lipinski definition) is 5. The lowest BCUT2D eigenvalue weighted by Gasteiger charge is -2.33. The van der Waals surface area contributed by atoms with Crippen molar-refractivity contribution in [2.24, 2.45) is 10.7 Å². The Balaban J connectivity index is 2.00. The molecule has 1 aromatic heterocycles. The van der Waals surface area contributed by atoms with Crippen LogP contribution in [0.1, 0.15) is 28.8 Å². The quantitative estimate of drug-likeness (QED) is 0.443. The third-order valence-corrected chi connectivity index (χ3v) is 4.75. The van der Waals surface area contributed by atoms with E-state index in [4.69, 9.17) is 5.73 Å². The standard InChI is InChI=1S/C21H20F4N4O2/c1-31-20(30)14-6-4-13(5-7-14)12-29-10-2-3-16(18(26)21(23,24)25)19(29)28-15-8-9-27-17(22)11-15/h4-9,11H,2-3,10,12,26H2,1H3/b18-16-,28-19?. The van der Waals surface area contributed by atoms with Gasteiger partial charge in [0.15, 0.2) is 0 Å². The molecule has 0 radical (unpaired) electrons. The second-order valence-electron chi connectivity index (χ2n) is 6.88. The number of carbonyl (C=O) groups is 1. The van der Waals surface area contributed by atoms with Crippen molar-refractivity contribution in [3.8, 4) is 0 Å². The van der Waals surface area contributed by atoms with Crippen LogP contribution >= 0.6 is 0 Å². The van der Waals surface area contributed by atoms with Crippen LogP contribution < -0.4 is 5.73 Å². The normalized spacial score (nSPS) is 17.6. The van der Waals surface area contributed by atoms with Crippen molar-refractivity contribution in [3.05, 3.63) is 70.9 Å². The molecule has 10 heteroatoms. The van der Waals surface area contributed by atoms with Gasteiger partial charge in [0, 0.05) is 30.9 Å². The number of halogens is 4. The highest BCUT2D eigenvalue weighted by atomic mass is 19.4. The zero-order chi connectivity index (χ0) is 22.6. The second-order valence-corrected chi connectivity index (χ2v) is 6.88. The molecule has 3 rings (SSSR count). The van der Waals surface area contributed by atoms with Crippen LogP contribution in [0.25, 0.3) is 0 Å². The molecule has 0 bridgehead atoms. The van der Waals surface area contributed by atoms with Gasteiger partial charge in [-0.15, -0.1) is 0 Å². The predicted octanol–water partition coefficient (Wildman–Crippen LogP) is 4.11. The number of benzene rings is 1. The van der Waals surface area contributed by atoms with Crippen LogP contribution in [0.3, 0.4) is 0 Å². The SMILES string of the molecule is COC(=O)c1ccc(CN2CCC/C(=C(/N)C(F)(F)F)C2=Nc2ccnc(F)c2)cc1. The van der Waals surface area contributed by atoms with Crippen LogP contribution in [0.2, 0.25) is 0 Å². The lowest BCUT2D eigenvalue weighted by Crippen LogP contribution is -2.39. The van der Waals surface area contributed by atoms with Crippen molar-refractivity contribution < 1.29 is 27.1 Å². The minimum absolute atomic E-state index is 0.0312. The summed E-state index contributed by atoms with van der Waals surface area (Å²) in [5.41, 5.74) is 5.31. The van der Waals surface area contributed by atoms with E-state index in [1.807, 2.05) is 0 Å². The van der Waals surface area contributed by atoms with Gasteiger partial charge >= 0.3 is 12.1 Å². The number of rotatable bonds is 4. The molecule has 0 aliphatic carbocycles. The van der Waals surface area contributed by atoms with Crippen molar-refractivity contribution >= 4 is 17.5 Å². The van der Waals surface area contributed by atoms with Gasteiger partial charge < -0.3 is 15.4 Å². The Morgan fingerprint density at radius 3 is 2.58 bits per heavy atom. The first kappa shape index (κ1) is 22.3. The zero-order valence-electron chi connectivity index (χ0n) is 16.6. The number of methoxy groups -OCH3 is 1. The number of aliphatic imine (C=N–C) groups is 1. The van der Waals surface area contributed by atoms with E-state index in [2.05, 4.69) is 14.7 Å². The Labute approximate surface area is 176 Å². The average molecular weight is 436 g/mol. The predicted molar refractivity (Wildman–Crippen MR) is 106 cm³/mol. The van der Waals surface area contributed by atoms with Crippen LogP contribution in [0.15, 0.2) is 58.9 Å². The minimum atomic E-state index is -4.72. The number of amidine groups is 1.